The van der Waals surface area contributed by atoms with Gasteiger partial charge in [-0.15, -0.1) is 0 Å². The fraction of sp³-hybridized carbons (Fsp3) is 0.818. The number of nitrogens with zero attached hydrogens (tertiary/aromatic N) is 1. The van der Waals surface area contributed by atoms with Gasteiger partial charge in [-0.05, 0) is 6.42 Å². The van der Waals surface area contributed by atoms with Gasteiger partial charge in [0.1, 0.15) is 12.6 Å². The first-order valence-corrected chi connectivity index (χ1v) is 7.33. The van der Waals surface area contributed by atoms with Crippen molar-refractivity contribution in [2.45, 2.75) is 32.3 Å². The molecule has 0 rings (SSSR count). The Balaban J connectivity index is 4.41. The molecular weight excluding hydrogens is 241 g/mol. The topological polar surface area (TPSA) is 69.6 Å². The van der Waals surface area contributed by atoms with Crippen LogP contribution in [0.5, 0.6) is 0 Å². The first-order chi connectivity index (χ1) is 7.64. The Morgan fingerprint density at radius 1 is 1.47 bits per heavy atom. The lowest BCUT2D eigenvalue weighted by Crippen LogP contribution is -2.41. The van der Waals surface area contributed by atoms with Crippen LogP contribution in [-0.2, 0) is 9.09 Å². The zero-order valence-corrected chi connectivity index (χ0v) is 12.0. The highest BCUT2D eigenvalue weighted by Gasteiger charge is 2.19. The molecule has 5 nitrogen and oxygen atoms in total. The molecule has 0 aliphatic carbocycles. The summed E-state index contributed by atoms with van der Waals surface area (Å²) >= 11 is 0. The highest BCUT2D eigenvalue weighted by molar-refractivity contribution is 7.44. The molecule has 0 saturated carbocycles. The van der Waals surface area contributed by atoms with Gasteiger partial charge in [-0.25, -0.2) is 0 Å². The summed E-state index contributed by atoms with van der Waals surface area (Å²) in [5.74, 6) is 0. The Kier molecular flexibility index (Phi) is 7.21. The Morgan fingerprint density at radius 2 is 2.06 bits per heavy atom. The van der Waals surface area contributed by atoms with E-state index in [9.17, 15) is 9.46 Å². The molecule has 0 heterocycles. The average molecular weight is 265 g/mol. The van der Waals surface area contributed by atoms with Crippen LogP contribution in [0.1, 0.15) is 26.2 Å². The van der Waals surface area contributed by atoms with Gasteiger partial charge in [-0.1, -0.05) is 31.9 Å². The van der Waals surface area contributed by atoms with Gasteiger partial charge in [-0.3, -0.25) is 4.57 Å². The lowest BCUT2D eigenvalue weighted by molar-refractivity contribution is -0.872. The molecule has 0 aliphatic rings. The molecule has 17 heavy (non-hydrogen) atoms. The van der Waals surface area contributed by atoms with Gasteiger partial charge in [0.05, 0.1) is 21.1 Å². The molecule has 0 radical (unpaired) electrons. The van der Waals surface area contributed by atoms with Crippen molar-refractivity contribution in [3.05, 3.63) is 12.2 Å². The van der Waals surface area contributed by atoms with E-state index in [1.807, 2.05) is 27.2 Å². The highest BCUT2D eigenvalue weighted by Crippen LogP contribution is 2.33. The summed E-state index contributed by atoms with van der Waals surface area (Å²) in [5, 5.41) is 0. The predicted octanol–water partition coefficient (Wildman–Crippen LogP) is 1.28. The lowest BCUT2D eigenvalue weighted by Gasteiger charge is -2.29. The summed E-state index contributed by atoms with van der Waals surface area (Å²) < 4.78 is 15.9. The summed E-state index contributed by atoms with van der Waals surface area (Å²) in [6, 6.07) is 0. The zero-order valence-electron chi connectivity index (χ0n) is 11.1. The zero-order chi connectivity index (χ0) is 13.5. The number of phosphoric ester groups is 1. The van der Waals surface area contributed by atoms with Gasteiger partial charge in [0, 0.05) is 0 Å². The molecule has 0 spiro atoms. The van der Waals surface area contributed by atoms with Crippen molar-refractivity contribution < 1.29 is 23.4 Å². The molecule has 0 bridgehead atoms. The summed E-state index contributed by atoms with van der Waals surface area (Å²) in [5.41, 5.74) is 0. The van der Waals surface area contributed by atoms with Crippen molar-refractivity contribution in [2.75, 3.05) is 27.7 Å². The van der Waals surface area contributed by atoms with Gasteiger partial charge < -0.3 is 18.8 Å². The quantitative estimate of drug-likeness (QED) is 0.311. The van der Waals surface area contributed by atoms with E-state index in [2.05, 4.69) is 11.4 Å². The number of allylic oxidation sites excluding steroid dienone is 1. The molecule has 0 aromatic heterocycles. The van der Waals surface area contributed by atoms with Crippen LogP contribution < -0.4 is 4.89 Å². The minimum absolute atomic E-state index is 0.482. The van der Waals surface area contributed by atoms with Crippen LogP contribution >= 0.6 is 7.82 Å². The second-order valence-corrected chi connectivity index (χ2v) is 6.30. The third-order valence-corrected chi connectivity index (χ3v) is 2.61. The van der Waals surface area contributed by atoms with E-state index < -0.39 is 13.9 Å². The molecular formula is C11H24NO4P. The van der Waals surface area contributed by atoms with Gasteiger partial charge >= 0.3 is 0 Å². The van der Waals surface area contributed by atoms with Gasteiger partial charge in [0.15, 0.2) is 0 Å². The molecule has 0 saturated heterocycles. The molecule has 0 aromatic rings. The Hall–Kier alpha value is -0.190. The molecule has 6 heteroatoms. The Morgan fingerprint density at radius 3 is 2.47 bits per heavy atom. The van der Waals surface area contributed by atoms with Crippen LogP contribution in [0.2, 0.25) is 0 Å². The number of likely N-dealkylation sites (N-methyl/N-ethyl adjacent to an activating group) is 1. The number of quaternary nitrogens is 1. The molecule has 2 unspecified atom stereocenters. The molecule has 0 amide bonds. The van der Waals surface area contributed by atoms with E-state index in [4.69, 9.17) is 4.89 Å². The van der Waals surface area contributed by atoms with Crippen molar-refractivity contribution in [1.29, 1.82) is 0 Å². The van der Waals surface area contributed by atoms with Gasteiger partial charge in [0.25, 0.3) is 7.82 Å². The van der Waals surface area contributed by atoms with E-state index >= 15 is 0 Å². The fourth-order valence-electron chi connectivity index (χ4n) is 1.41. The predicted molar refractivity (Wildman–Crippen MR) is 66.3 cm³/mol. The van der Waals surface area contributed by atoms with E-state index in [-0.39, 0.29) is 0 Å². The number of hydrogen-bond acceptors (Lipinski definition) is 3. The first-order valence-electron chi connectivity index (χ1n) is 5.83. The summed E-state index contributed by atoms with van der Waals surface area (Å²) in [6.07, 6.45) is 6.04. The van der Waals surface area contributed by atoms with E-state index in [1.165, 1.54) is 0 Å². The van der Waals surface area contributed by atoms with Crippen molar-refractivity contribution in [3.8, 4) is 0 Å². The van der Waals surface area contributed by atoms with Crippen LogP contribution in [0.4, 0.5) is 0 Å². The standard InChI is InChI=1S/C11H24NO4P/c1-5-6-7-8-9-11(10-12(2,3)4)16-17(13,14)15/h8-9,11H,5-7,10H2,1-4H3,(H-,13,14,15). The molecule has 0 aromatic carbocycles. The number of hydrogen-bond donors (Lipinski definition) is 1. The second-order valence-electron chi connectivity index (χ2n) is 5.16. The van der Waals surface area contributed by atoms with E-state index in [1.54, 1.807) is 6.08 Å². The highest BCUT2D eigenvalue weighted by atomic mass is 31.2. The van der Waals surface area contributed by atoms with Crippen molar-refractivity contribution >= 4 is 7.82 Å². The number of phosphoric acid groups is 1. The maximum atomic E-state index is 10.7. The Labute approximate surface area is 104 Å². The van der Waals surface area contributed by atoms with Crippen LogP contribution in [-0.4, -0.2) is 43.2 Å². The summed E-state index contributed by atoms with van der Waals surface area (Å²) in [6.45, 7) is 2.57. The van der Waals surface area contributed by atoms with Crippen molar-refractivity contribution in [1.82, 2.24) is 0 Å². The third-order valence-electron chi connectivity index (χ3n) is 2.07. The fourth-order valence-corrected chi connectivity index (χ4v) is 1.89. The SMILES string of the molecule is CCCCC=CC(C[N+](C)(C)C)OP(=O)([O-])O. The minimum Gasteiger partial charge on any atom is -0.756 e. The monoisotopic (exact) mass is 265 g/mol. The van der Waals surface area contributed by atoms with Gasteiger partial charge in [-0.2, -0.15) is 0 Å². The molecule has 1 N–H and O–H groups in total. The van der Waals surface area contributed by atoms with Crippen molar-refractivity contribution in [2.24, 2.45) is 0 Å². The first kappa shape index (κ1) is 16.8. The lowest BCUT2D eigenvalue weighted by atomic mass is 10.2. The van der Waals surface area contributed by atoms with E-state index in [0.29, 0.717) is 11.0 Å². The van der Waals surface area contributed by atoms with Crippen molar-refractivity contribution in [3.63, 3.8) is 0 Å². The van der Waals surface area contributed by atoms with Crippen LogP contribution in [0.15, 0.2) is 12.2 Å². The van der Waals surface area contributed by atoms with Crippen LogP contribution in [0.25, 0.3) is 0 Å². The normalized spacial score (nSPS) is 18.2. The molecule has 0 aliphatic heterocycles. The average Bonchev–Trinajstić information content (AvgIpc) is 2.06. The minimum atomic E-state index is -4.67. The summed E-state index contributed by atoms with van der Waals surface area (Å²) in [4.78, 5) is 19.5. The smallest absolute Gasteiger partial charge is 0.266 e. The molecule has 0 fully saturated rings. The molecule has 102 valence electrons. The van der Waals surface area contributed by atoms with Gasteiger partial charge in [0.2, 0.25) is 0 Å². The van der Waals surface area contributed by atoms with E-state index in [0.717, 1.165) is 19.3 Å². The molecule has 2 atom stereocenters. The number of unbranched alkanes of at least 4 members (excludes halogenated alkanes) is 2. The summed E-state index contributed by atoms with van der Waals surface area (Å²) in [7, 11) is 1.13. The maximum absolute atomic E-state index is 10.7. The second kappa shape index (κ2) is 7.29. The Bertz CT molecular complexity index is 280. The largest absolute Gasteiger partial charge is 0.756 e. The van der Waals surface area contributed by atoms with Crippen LogP contribution in [0.3, 0.4) is 0 Å². The third kappa shape index (κ3) is 12.1. The number of rotatable bonds is 8. The van der Waals surface area contributed by atoms with Crippen LogP contribution in [0, 0.1) is 0 Å². The maximum Gasteiger partial charge on any atom is 0.266 e.